The highest BCUT2D eigenvalue weighted by Crippen LogP contribution is 2.38. The van der Waals surface area contributed by atoms with Crippen molar-refractivity contribution in [2.45, 2.75) is 26.3 Å². The van der Waals surface area contributed by atoms with E-state index >= 15 is 0 Å². The highest BCUT2D eigenvalue weighted by atomic mass is 16.2. The Balaban J connectivity index is 1.74. The third-order valence-electron chi connectivity index (χ3n) is 5.67. The van der Waals surface area contributed by atoms with Gasteiger partial charge in [-0.05, 0) is 62.2 Å². The van der Waals surface area contributed by atoms with Crippen LogP contribution in [0.4, 0.5) is 16.2 Å². The summed E-state index contributed by atoms with van der Waals surface area (Å²) in [6.45, 7) is 6.35. The van der Waals surface area contributed by atoms with Gasteiger partial charge in [-0.15, -0.1) is 0 Å². The van der Waals surface area contributed by atoms with E-state index in [0.29, 0.717) is 5.69 Å². The number of fused-ring (bicyclic) bond motifs is 1. The largest absolute Gasteiger partial charge is 0.366 e. The van der Waals surface area contributed by atoms with Gasteiger partial charge in [0.1, 0.15) is 5.57 Å². The highest BCUT2D eigenvalue weighted by Gasteiger charge is 2.37. The number of carbonyl (C=O) groups excluding carboxylic acids is 3. The molecule has 6 heteroatoms. The van der Waals surface area contributed by atoms with Crippen LogP contribution in [0, 0.1) is 0 Å². The Labute approximate surface area is 175 Å². The third kappa shape index (κ3) is 3.20. The average molecular weight is 401 g/mol. The number of urea groups is 1. The smallest absolute Gasteiger partial charge is 0.335 e. The molecule has 2 aliphatic heterocycles. The summed E-state index contributed by atoms with van der Waals surface area (Å²) >= 11 is 0. The molecule has 152 valence electrons. The number of amides is 4. The van der Waals surface area contributed by atoms with E-state index in [-0.39, 0.29) is 11.1 Å². The molecule has 0 spiro atoms. The first-order valence-electron chi connectivity index (χ1n) is 9.73. The number of hydrogen-bond donors (Lipinski definition) is 1. The molecule has 0 unspecified atom stereocenters. The average Bonchev–Trinajstić information content (AvgIpc) is 2.70. The first kappa shape index (κ1) is 19.6. The predicted octanol–water partition coefficient (Wildman–Crippen LogP) is 3.98. The van der Waals surface area contributed by atoms with Gasteiger partial charge in [0.2, 0.25) is 0 Å². The van der Waals surface area contributed by atoms with Gasteiger partial charge in [-0.3, -0.25) is 14.9 Å². The van der Waals surface area contributed by atoms with Crippen molar-refractivity contribution >= 4 is 40.9 Å². The van der Waals surface area contributed by atoms with Crippen molar-refractivity contribution in [1.29, 1.82) is 0 Å². The molecule has 2 heterocycles. The lowest BCUT2D eigenvalue weighted by Gasteiger charge is -2.40. The number of para-hydroxylation sites is 1. The quantitative estimate of drug-likeness (QED) is 0.610. The van der Waals surface area contributed by atoms with Crippen LogP contribution >= 0.6 is 0 Å². The van der Waals surface area contributed by atoms with Crippen LogP contribution in [0.3, 0.4) is 0 Å². The molecule has 2 aromatic carbocycles. The monoisotopic (exact) mass is 401 g/mol. The van der Waals surface area contributed by atoms with Crippen LogP contribution in [0.2, 0.25) is 0 Å². The van der Waals surface area contributed by atoms with E-state index in [1.165, 1.54) is 6.08 Å². The van der Waals surface area contributed by atoms with Gasteiger partial charge in [0, 0.05) is 18.3 Å². The molecule has 2 aromatic rings. The first-order valence-corrected chi connectivity index (χ1v) is 9.73. The summed E-state index contributed by atoms with van der Waals surface area (Å²) in [7, 11) is 2.04. The fourth-order valence-corrected chi connectivity index (χ4v) is 3.90. The van der Waals surface area contributed by atoms with Crippen molar-refractivity contribution in [3.8, 4) is 0 Å². The second kappa shape index (κ2) is 6.99. The van der Waals surface area contributed by atoms with Crippen LogP contribution in [0.1, 0.15) is 31.9 Å². The van der Waals surface area contributed by atoms with Gasteiger partial charge >= 0.3 is 6.03 Å². The summed E-state index contributed by atoms with van der Waals surface area (Å²) in [6, 6.07) is 13.6. The van der Waals surface area contributed by atoms with E-state index in [1.54, 1.807) is 30.3 Å². The number of barbiturate groups is 1. The number of anilines is 2. The van der Waals surface area contributed by atoms with Gasteiger partial charge in [0.25, 0.3) is 11.8 Å². The van der Waals surface area contributed by atoms with Gasteiger partial charge in [-0.25, -0.2) is 9.69 Å². The fraction of sp³-hybridized carbons (Fsp3) is 0.208. The zero-order valence-corrected chi connectivity index (χ0v) is 17.4. The maximum Gasteiger partial charge on any atom is 0.335 e. The summed E-state index contributed by atoms with van der Waals surface area (Å²) in [4.78, 5) is 40.9. The minimum Gasteiger partial charge on any atom is -0.366 e. The molecule has 1 N–H and O–H groups in total. The lowest BCUT2D eigenvalue weighted by molar-refractivity contribution is -0.122. The lowest BCUT2D eigenvalue weighted by atomic mass is 9.88. The molecule has 1 saturated heterocycles. The van der Waals surface area contributed by atoms with Crippen LogP contribution in [0.5, 0.6) is 0 Å². The minimum atomic E-state index is -0.749. The van der Waals surface area contributed by atoms with Crippen LogP contribution in [0.25, 0.3) is 11.6 Å². The second-order valence-corrected chi connectivity index (χ2v) is 8.11. The fourth-order valence-electron chi connectivity index (χ4n) is 3.90. The summed E-state index contributed by atoms with van der Waals surface area (Å²) < 4.78 is 0. The van der Waals surface area contributed by atoms with E-state index in [0.717, 1.165) is 27.3 Å². The Kier molecular flexibility index (Phi) is 4.57. The number of allylic oxidation sites excluding steroid dienone is 1. The Morgan fingerprint density at radius 1 is 1.00 bits per heavy atom. The molecule has 0 aliphatic carbocycles. The van der Waals surface area contributed by atoms with Crippen LogP contribution in [-0.2, 0) is 9.59 Å². The number of imide groups is 2. The molecule has 0 atom stereocenters. The summed E-state index contributed by atoms with van der Waals surface area (Å²) in [5.74, 6) is -1.33. The molecule has 0 aromatic heterocycles. The summed E-state index contributed by atoms with van der Waals surface area (Å²) in [6.07, 6.45) is 3.73. The number of rotatable bonds is 2. The SMILES string of the molecule is CC1=CC(C)(C)N(C)c2ccc(/C=C3\C(=O)NC(=O)N(c4ccccc4)C3=O)cc21. The van der Waals surface area contributed by atoms with Gasteiger partial charge in [0.15, 0.2) is 0 Å². The molecule has 4 amide bonds. The van der Waals surface area contributed by atoms with E-state index in [1.807, 2.05) is 25.2 Å². The van der Waals surface area contributed by atoms with Crippen LogP contribution in [-0.4, -0.2) is 30.4 Å². The third-order valence-corrected chi connectivity index (χ3v) is 5.67. The minimum absolute atomic E-state index is 0.0791. The number of benzene rings is 2. The lowest BCUT2D eigenvalue weighted by Crippen LogP contribution is -2.54. The maximum absolute atomic E-state index is 13.0. The molecule has 30 heavy (non-hydrogen) atoms. The number of nitrogens with one attached hydrogen (secondary N) is 1. The van der Waals surface area contributed by atoms with Crippen molar-refractivity contribution in [2.75, 3.05) is 16.8 Å². The Bertz CT molecular complexity index is 1130. The molecule has 6 nitrogen and oxygen atoms in total. The zero-order valence-electron chi connectivity index (χ0n) is 17.4. The van der Waals surface area contributed by atoms with E-state index in [4.69, 9.17) is 0 Å². The van der Waals surface area contributed by atoms with Crippen molar-refractivity contribution in [3.63, 3.8) is 0 Å². The Hall–Kier alpha value is -3.67. The van der Waals surface area contributed by atoms with E-state index in [2.05, 4.69) is 37.1 Å². The van der Waals surface area contributed by atoms with Crippen molar-refractivity contribution in [3.05, 3.63) is 71.3 Å². The van der Waals surface area contributed by atoms with Crippen LogP contribution < -0.4 is 15.1 Å². The first-order chi connectivity index (χ1) is 14.2. The zero-order chi connectivity index (χ0) is 21.6. The maximum atomic E-state index is 13.0. The molecule has 4 rings (SSSR count). The van der Waals surface area contributed by atoms with E-state index < -0.39 is 17.8 Å². The molecular formula is C24H23N3O3. The standard InChI is InChI=1S/C24H23N3O3/c1-15-14-24(2,3)26(4)20-11-10-16(12-18(15)20)13-19-21(28)25-23(30)27(22(19)29)17-8-6-5-7-9-17/h5-14H,1-4H3,(H,25,28,30)/b19-13+. The molecule has 0 saturated carbocycles. The van der Waals surface area contributed by atoms with Crippen molar-refractivity contribution in [2.24, 2.45) is 0 Å². The summed E-state index contributed by atoms with van der Waals surface area (Å²) in [5, 5.41) is 2.26. The number of nitrogens with zero attached hydrogens (tertiary/aromatic N) is 2. The molecule has 1 fully saturated rings. The molecule has 0 bridgehead atoms. The van der Waals surface area contributed by atoms with Gasteiger partial charge in [-0.2, -0.15) is 0 Å². The van der Waals surface area contributed by atoms with E-state index in [9.17, 15) is 14.4 Å². The molecular weight excluding hydrogens is 378 g/mol. The van der Waals surface area contributed by atoms with Crippen molar-refractivity contribution < 1.29 is 14.4 Å². The number of likely N-dealkylation sites (N-methyl/N-ethyl adjacent to an activating group) is 1. The number of carbonyl (C=O) groups is 3. The summed E-state index contributed by atoms with van der Waals surface area (Å²) in [5.41, 5.74) is 4.21. The normalized spacial score (nSPS) is 19.5. The predicted molar refractivity (Wildman–Crippen MR) is 118 cm³/mol. The van der Waals surface area contributed by atoms with Crippen LogP contribution in [0.15, 0.2) is 60.2 Å². The Morgan fingerprint density at radius 2 is 1.70 bits per heavy atom. The number of hydrogen-bond acceptors (Lipinski definition) is 4. The van der Waals surface area contributed by atoms with Gasteiger partial charge in [-0.1, -0.05) is 30.3 Å². The Morgan fingerprint density at radius 3 is 2.40 bits per heavy atom. The van der Waals surface area contributed by atoms with Gasteiger partial charge < -0.3 is 4.90 Å². The second-order valence-electron chi connectivity index (χ2n) is 8.11. The topological polar surface area (TPSA) is 69.7 Å². The molecule has 2 aliphatic rings. The van der Waals surface area contributed by atoms with Crippen molar-refractivity contribution in [1.82, 2.24) is 5.32 Å². The van der Waals surface area contributed by atoms with Gasteiger partial charge in [0.05, 0.1) is 11.2 Å². The molecule has 0 radical (unpaired) electrons. The highest BCUT2D eigenvalue weighted by molar-refractivity contribution is 6.39.